The summed E-state index contributed by atoms with van der Waals surface area (Å²) in [5, 5.41) is 2.98. The average molecular weight is 352 g/mol. The van der Waals surface area contributed by atoms with Crippen molar-refractivity contribution in [2.75, 3.05) is 23.3 Å². The fourth-order valence-electron chi connectivity index (χ4n) is 3.29. The van der Waals surface area contributed by atoms with Gasteiger partial charge in [0.1, 0.15) is 5.75 Å². The Morgan fingerprint density at radius 3 is 2.42 bits per heavy atom. The maximum absolute atomic E-state index is 12.6. The first-order chi connectivity index (χ1) is 12.7. The van der Waals surface area contributed by atoms with Gasteiger partial charge in [-0.3, -0.25) is 4.79 Å². The van der Waals surface area contributed by atoms with Crippen LogP contribution in [0.2, 0.25) is 0 Å². The van der Waals surface area contributed by atoms with Crippen molar-refractivity contribution >= 4 is 17.3 Å². The molecule has 2 aromatic rings. The van der Waals surface area contributed by atoms with Crippen molar-refractivity contribution in [3.63, 3.8) is 0 Å². The van der Waals surface area contributed by atoms with Gasteiger partial charge in [-0.2, -0.15) is 0 Å². The molecule has 1 unspecified atom stereocenters. The lowest BCUT2D eigenvalue weighted by Crippen LogP contribution is -2.32. The van der Waals surface area contributed by atoms with Crippen molar-refractivity contribution in [1.82, 2.24) is 0 Å². The third-order valence-corrected chi connectivity index (χ3v) is 4.88. The molecule has 1 N–H and O–H groups in total. The molecule has 1 saturated heterocycles. The summed E-state index contributed by atoms with van der Waals surface area (Å²) in [4.78, 5) is 15.0. The lowest BCUT2D eigenvalue weighted by molar-refractivity contribution is -0.122. The van der Waals surface area contributed by atoms with Gasteiger partial charge >= 0.3 is 0 Å². The Bertz CT molecular complexity index is 721. The van der Waals surface area contributed by atoms with Gasteiger partial charge in [0.05, 0.1) is 0 Å². The third kappa shape index (κ3) is 4.57. The standard InChI is InChI=1S/C22H28N2O2/c1-3-20(26-21-10-6-5-9-17(21)2)22(25)23-18-11-13-19(14-12-18)24-15-7-4-8-16-24/h5-6,9-14,20H,3-4,7-8,15-16H2,1-2H3,(H,23,25). The number of para-hydroxylation sites is 1. The number of carbonyl (C=O) groups is 1. The highest BCUT2D eigenvalue weighted by molar-refractivity contribution is 5.94. The number of hydrogen-bond acceptors (Lipinski definition) is 3. The van der Waals surface area contributed by atoms with Gasteiger partial charge in [-0.05, 0) is 68.5 Å². The molecule has 1 fully saturated rings. The molecule has 1 aliphatic rings. The van der Waals surface area contributed by atoms with Gasteiger partial charge in [0.25, 0.3) is 5.91 Å². The largest absolute Gasteiger partial charge is 0.480 e. The summed E-state index contributed by atoms with van der Waals surface area (Å²) in [6.45, 7) is 6.18. The molecule has 0 radical (unpaired) electrons. The topological polar surface area (TPSA) is 41.6 Å². The number of aryl methyl sites for hydroxylation is 1. The first-order valence-corrected chi connectivity index (χ1v) is 9.55. The van der Waals surface area contributed by atoms with Crippen LogP contribution >= 0.6 is 0 Å². The molecule has 0 bridgehead atoms. The van der Waals surface area contributed by atoms with Crippen molar-refractivity contribution in [3.8, 4) is 5.75 Å². The lowest BCUT2D eigenvalue weighted by Gasteiger charge is -2.29. The fourth-order valence-corrected chi connectivity index (χ4v) is 3.29. The number of carbonyl (C=O) groups excluding carboxylic acids is 1. The van der Waals surface area contributed by atoms with E-state index in [1.54, 1.807) is 0 Å². The quantitative estimate of drug-likeness (QED) is 0.813. The molecule has 1 atom stereocenters. The average Bonchev–Trinajstić information content (AvgIpc) is 2.68. The van der Waals surface area contributed by atoms with Crippen LogP contribution in [0.1, 0.15) is 38.2 Å². The number of amides is 1. The highest BCUT2D eigenvalue weighted by atomic mass is 16.5. The maximum atomic E-state index is 12.6. The van der Waals surface area contributed by atoms with Crippen LogP contribution in [0.4, 0.5) is 11.4 Å². The van der Waals surface area contributed by atoms with E-state index in [2.05, 4.69) is 22.3 Å². The second kappa shape index (κ2) is 8.75. The Morgan fingerprint density at radius 1 is 1.08 bits per heavy atom. The van der Waals surface area contributed by atoms with Gasteiger partial charge in [0, 0.05) is 24.5 Å². The van der Waals surface area contributed by atoms with E-state index in [0.717, 1.165) is 30.1 Å². The first-order valence-electron chi connectivity index (χ1n) is 9.55. The molecular weight excluding hydrogens is 324 g/mol. The van der Waals surface area contributed by atoms with Gasteiger partial charge in [0.2, 0.25) is 0 Å². The Balaban J connectivity index is 1.61. The fraction of sp³-hybridized carbons (Fsp3) is 0.409. The predicted octanol–water partition coefficient (Wildman–Crippen LogP) is 4.78. The molecule has 0 spiro atoms. The number of piperidine rings is 1. The lowest BCUT2D eigenvalue weighted by atomic mass is 10.1. The molecule has 0 aliphatic carbocycles. The monoisotopic (exact) mass is 352 g/mol. The number of rotatable bonds is 6. The molecule has 1 heterocycles. The minimum Gasteiger partial charge on any atom is -0.480 e. The van der Waals surface area contributed by atoms with E-state index in [-0.39, 0.29) is 5.91 Å². The Hall–Kier alpha value is -2.49. The third-order valence-electron chi connectivity index (χ3n) is 4.88. The number of anilines is 2. The van der Waals surface area contributed by atoms with E-state index in [4.69, 9.17) is 4.74 Å². The predicted molar refractivity (Wildman–Crippen MR) is 107 cm³/mol. The van der Waals surface area contributed by atoms with E-state index in [1.165, 1.54) is 24.9 Å². The zero-order valence-electron chi connectivity index (χ0n) is 15.7. The van der Waals surface area contributed by atoms with Gasteiger partial charge in [-0.15, -0.1) is 0 Å². The maximum Gasteiger partial charge on any atom is 0.265 e. The van der Waals surface area contributed by atoms with E-state index in [9.17, 15) is 4.79 Å². The van der Waals surface area contributed by atoms with Crippen molar-refractivity contribution in [3.05, 3.63) is 54.1 Å². The smallest absolute Gasteiger partial charge is 0.265 e. The van der Waals surface area contributed by atoms with Crippen LogP contribution in [0.25, 0.3) is 0 Å². The summed E-state index contributed by atoms with van der Waals surface area (Å²) in [7, 11) is 0. The van der Waals surface area contributed by atoms with E-state index in [1.807, 2.05) is 50.2 Å². The minimum atomic E-state index is -0.502. The number of benzene rings is 2. The second-order valence-corrected chi connectivity index (χ2v) is 6.86. The normalized spacial score (nSPS) is 15.4. The Morgan fingerprint density at radius 2 is 1.77 bits per heavy atom. The summed E-state index contributed by atoms with van der Waals surface area (Å²) < 4.78 is 5.93. The summed E-state index contributed by atoms with van der Waals surface area (Å²) >= 11 is 0. The van der Waals surface area contributed by atoms with E-state index < -0.39 is 6.10 Å². The molecular formula is C22H28N2O2. The Kier molecular flexibility index (Phi) is 6.16. The highest BCUT2D eigenvalue weighted by Gasteiger charge is 2.19. The molecule has 3 rings (SSSR count). The van der Waals surface area contributed by atoms with Crippen LogP contribution in [0.15, 0.2) is 48.5 Å². The number of nitrogens with one attached hydrogen (secondary N) is 1. The summed E-state index contributed by atoms with van der Waals surface area (Å²) in [5.74, 6) is 0.649. The van der Waals surface area contributed by atoms with Crippen LogP contribution in [0, 0.1) is 6.92 Å². The van der Waals surface area contributed by atoms with Crippen LogP contribution in [-0.2, 0) is 4.79 Å². The van der Waals surface area contributed by atoms with E-state index >= 15 is 0 Å². The number of ether oxygens (including phenoxy) is 1. The molecule has 138 valence electrons. The van der Waals surface area contributed by atoms with Crippen molar-refractivity contribution in [2.24, 2.45) is 0 Å². The zero-order valence-corrected chi connectivity index (χ0v) is 15.7. The van der Waals surface area contributed by atoms with Crippen LogP contribution in [-0.4, -0.2) is 25.1 Å². The summed E-state index contributed by atoms with van der Waals surface area (Å²) in [5.41, 5.74) is 3.07. The molecule has 0 saturated carbocycles. The number of hydrogen-bond donors (Lipinski definition) is 1. The molecule has 4 heteroatoms. The minimum absolute atomic E-state index is 0.110. The SMILES string of the molecule is CCC(Oc1ccccc1C)C(=O)Nc1ccc(N2CCCCC2)cc1. The van der Waals surface area contributed by atoms with E-state index in [0.29, 0.717) is 6.42 Å². The second-order valence-electron chi connectivity index (χ2n) is 6.86. The highest BCUT2D eigenvalue weighted by Crippen LogP contribution is 2.23. The molecule has 26 heavy (non-hydrogen) atoms. The van der Waals surface area contributed by atoms with Gasteiger partial charge in [-0.25, -0.2) is 0 Å². The van der Waals surface area contributed by atoms with Gasteiger partial charge < -0.3 is 15.0 Å². The molecule has 1 aliphatic heterocycles. The van der Waals surface area contributed by atoms with Gasteiger partial charge in [-0.1, -0.05) is 25.1 Å². The summed E-state index contributed by atoms with van der Waals surface area (Å²) in [6.07, 6.45) is 3.95. The summed E-state index contributed by atoms with van der Waals surface area (Å²) in [6, 6.07) is 15.9. The van der Waals surface area contributed by atoms with Crippen LogP contribution in [0.3, 0.4) is 0 Å². The van der Waals surface area contributed by atoms with Crippen molar-refractivity contribution < 1.29 is 9.53 Å². The zero-order chi connectivity index (χ0) is 18.4. The molecule has 2 aromatic carbocycles. The van der Waals surface area contributed by atoms with Gasteiger partial charge in [0.15, 0.2) is 6.10 Å². The molecule has 4 nitrogen and oxygen atoms in total. The Labute approximate surface area is 156 Å². The molecule has 0 aromatic heterocycles. The van der Waals surface area contributed by atoms with Crippen molar-refractivity contribution in [2.45, 2.75) is 45.6 Å². The number of nitrogens with zero attached hydrogens (tertiary/aromatic N) is 1. The van der Waals surface area contributed by atoms with Crippen LogP contribution in [0.5, 0.6) is 5.75 Å². The van der Waals surface area contributed by atoms with Crippen LogP contribution < -0.4 is 15.0 Å². The first kappa shape index (κ1) is 18.3. The van der Waals surface area contributed by atoms with Crippen molar-refractivity contribution in [1.29, 1.82) is 0 Å². The molecule has 1 amide bonds.